The van der Waals surface area contributed by atoms with E-state index < -0.39 is 45.6 Å². The van der Waals surface area contributed by atoms with E-state index in [1.807, 2.05) is 5.32 Å². The number of anilines is 1. The smallest absolute Gasteiger partial charge is 0.239 e. The second-order valence-electron chi connectivity index (χ2n) is 4.71. The molecule has 0 fully saturated rings. The largest absolute Gasteiger partial charge is 0.385 e. The number of ether oxygens (including phenoxy) is 1. The van der Waals surface area contributed by atoms with E-state index in [-0.39, 0.29) is 6.54 Å². The number of amides is 1. The molecule has 6 nitrogen and oxygen atoms in total. The fourth-order valence-corrected chi connectivity index (χ4v) is 2.53. The predicted molar refractivity (Wildman–Crippen MR) is 77.9 cm³/mol. The highest BCUT2D eigenvalue weighted by Gasteiger charge is 2.21. The summed E-state index contributed by atoms with van der Waals surface area (Å²) < 4.78 is 68.2. The van der Waals surface area contributed by atoms with Gasteiger partial charge in [0.2, 0.25) is 15.9 Å². The Morgan fingerprint density at radius 2 is 1.91 bits per heavy atom. The molecule has 1 aromatic rings. The first-order chi connectivity index (χ1) is 10.7. The van der Waals surface area contributed by atoms with E-state index in [0.29, 0.717) is 19.1 Å². The number of nitrogens with one attached hydrogen (secondary N) is 1. The van der Waals surface area contributed by atoms with Crippen molar-refractivity contribution in [2.75, 3.05) is 38.4 Å². The van der Waals surface area contributed by atoms with Gasteiger partial charge in [0.15, 0.2) is 17.5 Å². The SMILES string of the molecule is COCCCN(CC(=O)Nc1ccc(F)c(F)c1F)S(C)(=O)=O. The fourth-order valence-electron chi connectivity index (χ4n) is 1.72. The van der Waals surface area contributed by atoms with Crippen LogP contribution in [0.4, 0.5) is 18.9 Å². The minimum atomic E-state index is -3.67. The van der Waals surface area contributed by atoms with Crippen LogP contribution in [-0.2, 0) is 19.6 Å². The van der Waals surface area contributed by atoms with Crippen molar-refractivity contribution in [3.05, 3.63) is 29.6 Å². The summed E-state index contributed by atoms with van der Waals surface area (Å²) in [6.07, 6.45) is 1.28. The van der Waals surface area contributed by atoms with E-state index >= 15 is 0 Å². The molecule has 10 heteroatoms. The average molecular weight is 354 g/mol. The maximum absolute atomic E-state index is 13.5. The molecular formula is C13H17F3N2O4S. The van der Waals surface area contributed by atoms with Crippen LogP contribution in [0, 0.1) is 17.5 Å². The molecule has 1 amide bonds. The highest BCUT2D eigenvalue weighted by molar-refractivity contribution is 7.88. The molecule has 0 aliphatic rings. The van der Waals surface area contributed by atoms with Gasteiger partial charge in [-0.2, -0.15) is 4.31 Å². The van der Waals surface area contributed by atoms with Gasteiger partial charge < -0.3 is 10.1 Å². The lowest BCUT2D eigenvalue weighted by molar-refractivity contribution is -0.116. The van der Waals surface area contributed by atoms with Crippen molar-refractivity contribution in [3.8, 4) is 0 Å². The van der Waals surface area contributed by atoms with Gasteiger partial charge in [-0.15, -0.1) is 0 Å². The highest BCUT2D eigenvalue weighted by atomic mass is 32.2. The molecule has 0 aromatic heterocycles. The Hall–Kier alpha value is -1.65. The zero-order valence-corrected chi connectivity index (χ0v) is 13.4. The highest BCUT2D eigenvalue weighted by Crippen LogP contribution is 2.19. The van der Waals surface area contributed by atoms with Crippen LogP contribution >= 0.6 is 0 Å². The number of carbonyl (C=O) groups excluding carboxylic acids is 1. The minimum Gasteiger partial charge on any atom is -0.385 e. The summed E-state index contributed by atoms with van der Waals surface area (Å²) in [7, 11) is -2.22. The van der Waals surface area contributed by atoms with E-state index in [9.17, 15) is 26.4 Å². The Bertz CT molecular complexity index is 667. The molecule has 0 unspecified atom stereocenters. The molecule has 0 aliphatic heterocycles. The summed E-state index contributed by atoms with van der Waals surface area (Å²) in [6, 6.07) is 1.50. The van der Waals surface area contributed by atoms with E-state index in [1.54, 1.807) is 0 Å². The third kappa shape index (κ3) is 5.81. The first-order valence-electron chi connectivity index (χ1n) is 6.54. The second-order valence-corrected chi connectivity index (χ2v) is 6.70. The van der Waals surface area contributed by atoms with E-state index in [2.05, 4.69) is 0 Å². The van der Waals surface area contributed by atoms with Gasteiger partial charge in [-0.3, -0.25) is 4.79 Å². The number of benzene rings is 1. The summed E-state index contributed by atoms with van der Waals surface area (Å²) in [5.74, 6) is -5.54. The van der Waals surface area contributed by atoms with Crippen molar-refractivity contribution in [1.82, 2.24) is 4.31 Å². The number of rotatable bonds is 8. The van der Waals surface area contributed by atoms with Crippen molar-refractivity contribution < 1.29 is 31.1 Å². The van der Waals surface area contributed by atoms with Crippen LogP contribution in [0.15, 0.2) is 12.1 Å². The van der Waals surface area contributed by atoms with Crippen molar-refractivity contribution in [2.24, 2.45) is 0 Å². The van der Waals surface area contributed by atoms with Gasteiger partial charge in [0.25, 0.3) is 0 Å². The molecule has 0 radical (unpaired) electrons. The maximum Gasteiger partial charge on any atom is 0.239 e. The number of methoxy groups -OCH3 is 1. The number of sulfonamides is 1. The van der Waals surface area contributed by atoms with E-state index in [0.717, 1.165) is 16.6 Å². The van der Waals surface area contributed by atoms with E-state index in [4.69, 9.17) is 4.74 Å². The monoisotopic (exact) mass is 354 g/mol. The number of halogens is 3. The number of carbonyl (C=O) groups is 1. The van der Waals surface area contributed by atoms with Crippen LogP contribution in [0.1, 0.15) is 6.42 Å². The van der Waals surface area contributed by atoms with Crippen LogP contribution in [0.25, 0.3) is 0 Å². The molecule has 0 heterocycles. The molecule has 1 rings (SSSR count). The Kier molecular flexibility index (Phi) is 6.98. The standard InChI is InChI=1S/C13H17F3N2O4S/c1-22-7-3-6-18(23(2,20)21)8-11(19)17-10-5-4-9(14)12(15)13(10)16/h4-5H,3,6-8H2,1-2H3,(H,17,19). The van der Waals surface area contributed by atoms with Crippen molar-refractivity contribution >= 4 is 21.6 Å². The molecule has 0 spiro atoms. The predicted octanol–water partition coefficient (Wildman–Crippen LogP) is 1.34. The Balaban J connectivity index is 2.78. The molecule has 130 valence electrons. The zero-order chi connectivity index (χ0) is 17.6. The molecule has 0 aliphatic carbocycles. The topological polar surface area (TPSA) is 75.7 Å². The molecule has 0 atom stereocenters. The van der Waals surface area contributed by atoms with E-state index in [1.165, 1.54) is 7.11 Å². The maximum atomic E-state index is 13.5. The average Bonchev–Trinajstić information content (AvgIpc) is 2.46. The van der Waals surface area contributed by atoms with Crippen molar-refractivity contribution in [3.63, 3.8) is 0 Å². The van der Waals surface area contributed by atoms with Gasteiger partial charge in [0, 0.05) is 20.3 Å². The zero-order valence-electron chi connectivity index (χ0n) is 12.6. The van der Waals surface area contributed by atoms with Crippen LogP contribution < -0.4 is 5.32 Å². The van der Waals surface area contributed by atoms with Gasteiger partial charge in [0.1, 0.15) is 0 Å². The van der Waals surface area contributed by atoms with Crippen LogP contribution in [0.2, 0.25) is 0 Å². The summed E-state index contributed by atoms with van der Waals surface area (Å²) >= 11 is 0. The van der Waals surface area contributed by atoms with Gasteiger partial charge in [-0.1, -0.05) is 0 Å². The van der Waals surface area contributed by atoms with Gasteiger partial charge >= 0.3 is 0 Å². The number of hydrogen-bond acceptors (Lipinski definition) is 4. The van der Waals surface area contributed by atoms with Gasteiger partial charge in [-0.25, -0.2) is 21.6 Å². The third-order valence-corrected chi connectivity index (χ3v) is 4.10. The normalized spacial score (nSPS) is 11.7. The Morgan fingerprint density at radius 3 is 2.48 bits per heavy atom. The fraction of sp³-hybridized carbons (Fsp3) is 0.462. The Morgan fingerprint density at radius 1 is 1.26 bits per heavy atom. The lowest BCUT2D eigenvalue weighted by atomic mass is 10.2. The lowest BCUT2D eigenvalue weighted by Crippen LogP contribution is -2.38. The van der Waals surface area contributed by atoms with Crippen LogP contribution in [-0.4, -0.2) is 51.7 Å². The van der Waals surface area contributed by atoms with Crippen molar-refractivity contribution in [1.29, 1.82) is 0 Å². The molecule has 0 saturated carbocycles. The molecule has 23 heavy (non-hydrogen) atoms. The van der Waals surface area contributed by atoms with Gasteiger partial charge in [0.05, 0.1) is 18.5 Å². The second kappa shape index (κ2) is 8.27. The number of hydrogen-bond donors (Lipinski definition) is 1. The molecule has 0 saturated heterocycles. The molecular weight excluding hydrogens is 337 g/mol. The summed E-state index contributed by atoms with van der Waals surface area (Å²) in [6.45, 7) is -0.257. The Labute approximate surface area is 132 Å². The third-order valence-electron chi connectivity index (χ3n) is 2.85. The summed E-state index contributed by atoms with van der Waals surface area (Å²) in [5.41, 5.74) is -0.570. The first kappa shape index (κ1) is 19.4. The van der Waals surface area contributed by atoms with Crippen molar-refractivity contribution in [2.45, 2.75) is 6.42 Å². The molecule has 1 aromatic carbocycles. The minimum absolute atomic E-state index is 0.0281. The first-order valence-corrected chi connectivity index (χ1v) is 8.39. The summed E-state index contributed by atoms with van der Waals surface area (Å²) in [5, 5.41) is 2.01. The summed E-state index contributed by atoms with van der Waals surface area (Å²) in [4.78, 5) is 11.8. The number of nitrogens with zero attached hydrogens (tertiary/aromatic N) is 1. The molecule has 1 N–H and O–H groups in total. The van der Waals surface area contributed by atoms with Crippen LogP contribution in [0.3, 0.4) is 0 Å². The molecule has 0 bridgehead atoms. The lowest BCUT2D eigenvalue weighted by Gasteiger charge is -2.19. The van der Waals surface area contributed by atoms with Crippen LogP contribution in [0.5, 0.6) is 0 Å². The quantitative estimate of drug-likeness (QED) is 0.565. The van der Waals surface area contributed by atoms with Gasteiger partial charge in [-0.05, 0) is 18.6 Å².